The minimum absolute atomic E-state index is 0.0847. The summed E-state index contributed by atoms with van der Waals surface area (Å²) in [6.45, 7) is 7.64. The fraction of sp³-hybridized carbons (Fsp3) is 0.650. The molecule has 1 amide bonds. The number of nitrogens with one attached hydrogen (secondary N) is 1. The number of amides is 1. The molecule has 25 heavy (non-hydrogen) atoms. The summed E-state index contributed by atoms with van der Waals surface area (Å²) in [5.41, 5.74) is 1.26. The first-order valence-electron chi connectivity index (χ1n) is 9.10. The zero-order valence-electron chi connectivity index (χ0n) is 15.8. The van der Waals surface area contributed by atoms with Crippen LogP contribution in [0.5, 0.6) is 0 Å². The SMILES string of the molecule is CCC/C=C1/C(=C\C=C(/C)Cl)C2(COC2)NC(=O)C1(CC)CCOC. The van der Waals surface area contributed by atoms with Crippen LogP contribution in [-0.4, -0.2) is 38.4 Å². The maximum absolute atomic E-state index is 13.2. The molecule has 2 saturated heterocycles. The van der Waals surface area contributed by atoms with Gasteiger partial charge in [-0.05, 0) is 43.4 Å². The standard InChI is InChI=1S/C20H30ClNO3/c1-5-7-8-16-17(10-9-15(3)21)20(13-25-14-20)22-18(23)19(16,6-2)11-12-24-4/h8-10H,5-7,11-14H2,1-4H3,(H,22,23)/b15-9+,16-8-,17-10+. The van der Waals surface area contributed by atoms with Crippen LogP contribution in [0.2, 0.25) is 0 Å². The smallest absolute Gasteiger partial charge is 0.231 e. The zero-order valence-corrected chi connectivity index (χ0v) is 16.5. The highest BCUT2D eigenvalue weighted by molar-refractivity contribution is 6.29. The molecule has 1 N–H and O–H groups in total. The van der Waals surface area contributed by atoms with E-state index >= 15 is 0 Å². The van der Waals surface area contributed by atoms with Gasteiger partial charge in [-0.1, -0.05) is 44.0 Å². The van der Waals surface area contributed by atoms with Gasteiger partial charge in [-0.2, -0.15) is 0 Å². The van der Waals surface area contributed by atoms with Gasteiger partial charge in [0.05, 0.1) is 18.6 Å². The second-order valence-electron chi connectivity index (χ2n) is 6.95. The van der Waals surface area contributed by atoms with Crippen molar-refractivity contribution in [2.24, 2.45) is 5.41 Å². The Morgan fingerprint density at radius 2 is 2.08 bits per heavy atom. The second-order valence-corrected chi connectivity index (χ2v) is 7.54. The maximum Gasteiger partial charge on any atom is 0.231 e. The maximum atomic E-state index is 13.2. The number of halogens is 1. The highest BCUT2D eigenvalue weighted by Crippen LogP contribution is 2.49. The molecule has 0 aromatic carbocycles. The molecule has 0 aromatic heterocycles. The molecule has 5 heteroatoms. The summed E-state index contributed by atoms with van der Waals surface area (Å²) < 4.78 is 10.8. The molecule has 140 valence electrons. The molecule has 0 aliphatic carbocycles. The number of hydrogen-bond donors (Lipinski definition) is 1. The molecular formula is C20H30ClNO3. The molecule has 2 fully saturated rings. The van der Waals surface area contributed by atoms with E-state index in [1.54, 1.807) is 7.11 Å². The summed E-state index contributed by atoms with van der Waals surface area (Å²) >= 11 is 6.08. The Balaban J connectivity index is 2.59. The average Bonchev–Trinajstić information content (AvgIpc) is 2.56. The Bertz CT molecular complexity index is 586. The number of piperidine rings is 1. The molecule has 1 unspecified atom stereocenters. The Kier molecular flexibility index (Phi) is 6.89. The monoisotopic (exact) mass is 367 g/mol. The van der Waals surface area contributed by atoms with Crippen molar-refractivity contribution in [2.45, 2.75) is 52.0 Å². The van der Waals surface area contributed by atoms with E-state index in [9.17, 15) is 4.79 Å². The molecule has 4 nitrogen and oxygen atoms in total. The lowest BCUT2D eigenvalue weighted by molar-refractivity contribution is -0.142. The molecule has 1 atom stereocenters. The van der Waals surface area contributed by atoms with Crippen molar-refractivity contribution >= 4 is 17.5 Å². The summed E-state index contributed by atoms with van der Waals surface area (Å²) in [5, 5.41) is 3.98. The van der Waals surface area contributed by atoms with Gasteiger partial charge in [0, 0.05) is 18.7 Å². The lowest BCUT2D eigenvalue weighted by atomic mass is 9.63. The van der Waals surface area contributed by atoms with E-state index < -0.39 is 11.0 Å². The van der Waals surface area contributed by atoms with E-state index in [1.807, 2.05) is 13.0 Å². The largest absolute Gasteiger partial charge is 0.385 e. The zero-order chi connectivity index (χ0) is 18.5. The molecule has 0 aromatic rings. The van der Waals surface area contributed by atoms with Crippen LogP contribution in [0.1, 0.15) is 46.5 Å². The highest BCUT2D eigenvalue weighted by atomic mass is 35.5. The lowest BCUT2D eigenvalue weighted by Crippen LogP contribution is -2.70. The van der Waals surface area contributed by atoms with Gasteiger partial charge in [0.2, 0.25) is 5.91 Å². The average molecular weight is 368 g/mol. The minimum Gasteiger partial charge on any atom is -0.385 e. The quantitative estimate of drug-likeness (QED) is 0.736. The Morgan fingerprint density at radius 1 is 1.36 bits per heavy atom. The predicted octanol–water partition coefficient (Wildman–Crippen LogP) is 4.11. The van der Waals surface area contributed by atoms with Crippen molar-refractivity contribution in [3.8, 4) is 0 Å². The van der Waals surface area contributed by atoms with Crippen LogP contribution in [0.25, 0.3) is 0 Å². The van der Waals surface area contributed by atoms with E-state index in [1.165, 1.54) is 0 Å². The number of ether oxygens (including phenoxy) is 2. The third kappa shape index (κ3) is 3.86. The molecule has 0 radical (unpaired) electrons. The van der Waals surface area contributed by atoms with Crippen LogP contribution in [0.4, 0.5) is 0 Å². The van der Waals surface area contributed by atoms with Crippen LogP contribution in [0, 0.1) is 5.41 Å². The van der Waals surface area contributed by atoms with E-state index in [0.717, 1.165) is 30.4 Å². The van der Waals surface area contributed by atoms with Gasteiger partial charge in [-0.3, -0.25) is 4.79 Å². The normalized spacial score (nSPS) is 29.2. The Hall–Kier alpha value is -1.10. The Morgan fingerprint density at radius 3 is 2.56 bits per heavy atom. The van der Waals surface area contributed by atoms with Crippen LogP contribution in [0.15, 0.2) is 34.4 Å². The second kappa shape index (κ2) is 8.52. The van der Waals surface area contributed by atoms with E-state index in [2.05, 4.69) is 31.3 Å². The van der Waals surface area contributed by atoms with Crippen molar-refractivity contribution < 1.29 is 14.3 Å². The van der Waals surface area contributed by atoms with Gasteiger partial charge in [-0.15, -0.1) is 0 Å². The van der Waals surface area contributed by atoms with Crippen molar-refractivity contribution in [3.05, 3.63) is 34.4 Å². The minimum atomic E-state index is -0.564. The number of carbonyl (C=O) groups excluding carboxylic acids is 1. The fourth-order valence-corrected chi connectivity index (χ4v) is 3.73. The molecule has 1 spiro atoms. The van der Waals surface area contributed by atoms with Crippen LogP contribution in [-0.2, 0) is 14.3 Å². The van der Waals surface area contributed by atoms with Crippen LogP contribution >= 0.6 is 11.6 Å². The van der Waals surface area contributed by atoms with E-state index in [0.29, 0.717) is 31.3 Å². The third-order valence-corrected chi connectivity index (χ3v) is 5.38. The molecular weight excluding hydrogens is 338 g/mol. The van der Waals surface area contributed by atoms with Gasteiger partial charge < -0.3 is 14.8 Å². The number of unbranched alkanes of at least 4 members (excludes halogenated alkanes) is 1. The molecule has 2 rings (SSSR count). The molecule has 2 aliphatic rings. The first-order chi connectivity index (χ1) is 12.0. The number of rotatable bonds is 7. The highest BCUT2D eigenvalue weighted by Gasteiger charge is 2.56. The third-order valence-electron chi connectivity index (χ3n) is 5.26. The van der Waals surface area contributed by atoms with Gasteiger partial charge in [0.25, 0.3) is 0 Å². The molecule has 0 saturated carbocycles. The number of hydrogen-bond acceptors (Lipinski definition) is 3. The summed E-state index contributed by atoms with van der Waals surface area (Å²) in [7, 11) is 1.68. The van der Waals surface area contributed by atoms with E-state index in [4.69, 9.17) is 21.1 Å². The first-order valence-corrected chi connectivity index (χ1v) is 9.48. The van der Waals surface area contributed by atoms with Crippen LogP contribution < -0.4 is 5.32 Å². The van der Waals surface area contributed by atoms with Crippen molar-refractivity contribution in [1.82, 2.24) is 5.32 Å². The van der Waals surface area contributed by atoms with Crippen LogP contribution in [0.3, 0.4) is 0 Å². The topological polar surface area (TPSA) is 47.6 Å². The van der Waals surface area contributed by atoms with Crippen molar-refractivity contribution in [1.29, 1.82) is 0 Å². The molecule has 2 aliphatic heterocycles. The van der Waals surface area contributed by atoms with Crippen molar-refractivity contribution in [2.75, 3.05) is 26.9 Å². The molecule has 0 bridgehead atoms. The van der Waals surface area contributed by atoms with Gasteiger partial charge in [-0.25, -0.2) is 0 Å². The lowest BCUT2D eigenvalue weighted by Gasteiger charge is -2.53. The Labute approximate surface area is 156 Å². The van der Waals surface area contributed by atoms with Gasteiger partial charge in [0.15, 0.2) is 0 Å². The van der Waals surface area contributed by atoms with Gasteiger partial charge >= 0.3 is 0 Å². The summed E-state index contributed by atoms with van der Waals surface area (Å²) in [4.78, 5) is 13.2. The first kappa shape index (κ1) is 20.2. The van der Waals surface area contributed by atoms with Gasteiger partial charge in [0.1, 0.15) is 5.54 Å². The van der Waals surface area contributed by atoms with E-state index in [-0.39, 0.29) is 5.91 Å². The summed E-state index contributed by atoms with van der Waals surface area (Å²) in [6.07, 6.45) is 9.58. The number of methoxy groups -OCH3 is 1. The summed E-state index contributed by atoms with van der Waals surface area (Å²) in [5.74, 6) is 0.0847. The fourth-order valence-electron chi connectivity index (χ4n) is 3.67. The summed E-state index contributed by atoms with van der Waals surface area (Å²) in [6, 6.07) is 0. The predicted molar refractivity (Wildman–Crippen MR) is 102 cm³/mol. The molecule has 2 heterocycles. The number of carbonyl (C=O) groups is 1. The number of allylic oxidation sites excluding steroid dienone is 4. The van der Waals surface area contributed by atoms with Crippen molar-refractivity contribution in [3.63, 3.8) is 0 Å².